The topological polar surface area (TPSA) is 0 Å². The second kappa shape index (κ2) is 7.44. The summed E-state index contributed by atoms with van der Waals surface area (Å²) < 4.78 is 59.6. The van der Waals surface area contributed by atoms with Gasteiger partial charge in [-0.3, -0.25) is 0 Å². The molecule has 0 spiro atoms. The fraction of sp³-hybridized carbons (Fsp3) is 0.0526. The van der Waals surface area contributed by atoms with E-state index in [0.29, 0.717) is 0 Å². The first-order valence-electron chi connectivity index (χ1n) is 7.77. The van der Waals surface area contributed by atoms with E-state index < -0.39 is 19.5 Å². The molecule has 0 aliphatic rings. The number of rotatable bonds is 3. The summed E-state index contributed by atoms with van der Waals surface area (Å²) in [5.41, 5.74) is 1.30. The van der Waals surface area contributed by atoms with Crippen molar-refractivity contribution in [3.63, 3.8) is 0 Å². The molecule has 0 aliphatic heterocycles. The van der Waals surface area contributed by atoms with Crippen molar-refractivity contribution in [3.05, 3.63) is 90.5 Å². The molecule has 0 unspecified atom stereocenters. The summed E-state index contributed by atoms with van der Waals surface area (Å²) in [5, 5.41) is 0. The summed E-state index contributed by atoms with van der Waals surface area (Å²) in [6, 6.07) is 30.4. The molecule has 0 aliphatic carbocycles. The molecule has 0 heterocycles. The van der Waals surface area contributed by atoms with E-state index in [-0.39, 0.29) is 10.9 Å². The van der Waals surface area contributed by atoms with E-state index in [0.717, 1.165) is 0 Å². The fourth-order valence-electron chi connectivity index (χ4n) is 2.20. The van der Waals surface area contributed by atoms with Gasteiger partial charge in [-0.15, -0.1) is 0 Å². The summed E-state index contributed by atoms with van der Waals surface area (Å²) in [7, 11) is -0.0229. The van der Waals surface area contributed by atoms with Crippen LogP contribution in [0.3, 0.4) is 0 Å². The van der Waals surface area contributed by atoms with Crippen molar-refractivity contribution in [2.24, 2.45) is 0 Å². The fourth-order valence-corrected chi connectivity index (χ4v) is 4.28. The van der Waals surface area contributed by atoms with E-state index in [9.17, 15) is 16.9 Å². The summed E-state index contributed by atoms with van der Waals surface area (Å²) in [6.45, 7) is 2.13. The molecule has 8 heteroatoms. The predicted octanol–water partition coefficient (Wildman–Crippen LogP) is 7.23. The SMILES string of the molecule is Cc1ccc([S+](c2ccccc2)c2ccccc2)cc1.[F][Sb-]([F])([F])([F])([F])[F]. The summed E-state index contributed by atoms with van der Waals surface area (Å²) in [5.74, 6) is 0. The van der Waals surface area contributed by atoms with Crippen molar-refractivity contribution >= 4 is 30.4 Å². The quantitative estimate of drug-likeness (QED) is 0.197. The van der Waals surface area contributed by atoms with Gasteiger partial charge in [0.15, 0.2) is 14.7 Å². The average molecular weight is 513 g/mol. The Bertz CT molecular complexity index is 812. The normalized spacial score (nSPS) is 13.9. The molecule has 3 rings (SSSR count). The van der Waals surface area contributed by atoms with Crippen molar-refractivity contribution in [1.29, 1.82) is 0 Å². The Hall–Kier alpha value is -1.59. The maximum atomic E-state index is 9.93. The number of halogens is 6. The Balaban J connectivity index is 0.000000321. The van der Waals surface area contributed by atoms with Gasteiger partial charge in [-0.2, -0.15) is 0 Å². The maximum absolute atomic E-state index is 11.2. The van der Waals surface area contributed by atoms with Gasteiger partial charge < -0.3 is 0 Å². The predicted molar refractivity (Wildman–Crippen MR) is 98.6 cm³/mol. The van der Waals surface area contributed by atoms with Crippen molar-refractivity contribution in [1.82, 2.24) is 0 Å². The van der Waals surface area contributed by atoms with Crippen LogP contribution in [0.25, 0.3) is 0 Å². The van der Waals surface area contributed by atoms with Crippen LogP contribution in [0.1, 0.15) is 5.56 Å². The minimum absolute atomic E-state index is 0.0229. The molecule has 0 saturated heterocycles. The van der Waals surface area contributed by atoms with Gasteiger partial charge in [0.25, 0.3) is 0 Å². The molecule has 146 valence electrons. The van der Waals surface area contributed by atoms with E-state index in [1.165, 1.54) is 20.2 Å². The van der Waals surface area contributed by atoms with Crippen LogP contribution >= 0.6 is 0 Å². The van der Waals surface area contributed by atoms with Gasteiger partial charge in [0.05, 0.1) is 10.9 Å². The van der Waals surface area contributed by atoms with E-state index in [4.69, 9.17) is 0 Å². The third-order valence-corrected chi connectivity index (χ3v) is 5.45. The van der Waals surface area contributed by atoms with Crippen molar-refractivity contribution in [2.45, 2.75) is 21.6 Å². The standard InChI is InChI=1S/C19H17S.6FH.Sb/c1-16-12-14-19(15-13-16)20(17-8-4-2-5-9-17)18-10-6-3-7-11-18;;;;;;;/h2-15H,1H3;6*1H;/q+1;;;;;;;+5/p-6. The first-order chi connectivity index (χ1) is 12.3. The zero-order chi connectivity index (χ0) is 20.2. The molecule has 0 nitrogen and oxygen atoms in total. The third-order valence-electron chi connectivity index (χ3n) is 3.21. The zero-order valence-electron chi connectivity index (χ0n) is 14.2. The number of hydrogen-bond acceptors (Lipinski definition) is 0. The van der Waals surface area contributed by atoms with Crippen molar-refractivity contribution in [3.8, 4) is 0 Å². The van der Waals surface area contributed by atoms with Crippen LogP contribution in [0, 0.1) is 6.92 Å². The Kier molecular flexibility index (Phi) is 5.98. The molecule has 0 atom stereocenters. The summed E-state index contributed by atoms with van der Waals surface area (Å²) >= 11 is -11.2. The van der Waals surface area contributed by atoms with Crippen LogP contribution in [0.4, 0.5) is 16.9 Å². The van der Waals surface area contributed by atoms with Crippen LogP contribution in [-0.4, -0.2) is 19.5 Å². The van der Waals surface area contributed by atoms with Gasteiger partial charge in [0.1, 0.15) is 0 Å². The average Bonchev–Trinajstić information content (AvgIpc) is 2.56. The molecule has 0 amide bonds. The Morgan fingerprint density at radius 3 is 1.15 bits per heavy atom. The summed E-state index contributed by atoms with van der Waals surface area (Å²) in [6.07, 6.45) is 0. The molecule has 0 aromatic heterocycles. The first-order valence-corrected chi connectivity index (χ1v) is 14.8. The Morgan fingerprint density at radius 2 is 0.815 bits per heavy atom. The van der Waals surface area contributed by atoms with Crippen LogP contribution in [0.5, 0.6) is 0 Å². The minimum atomic E-state index is -11.2. The van der Waals surface area contributed by atoms with Crippen LogP contribution < -0.4 is 0 Å². The second-order valence-corrected chi connectivity index (χ2v) is 13.2. The molecule has 0 N–H and O–H groups in total. The summed E-state index contributed by atoms with van der Waals surface area (Å²) in [4.78, 5) is 4.10. The third kappa shape index (κ3) is 9.25. The van der Waals surface area contributed by atoms with E-state index in [1.807, 2.05) is 0 Å². The molecule has 27 heavy (non-hydrogen) atoms. The van der Waals surface area contributed by atoms with Crippen LogP contribution in [0.15, 0.2) is 99.6 Å². The molecule has 0 saturated carbocycles. The molecular weight excluding hydrogens is 496 g/mol. The van der Waals surface area contributed by atoms with Gasteiger partial charge in [-0.1, -0.05) is 54.1 Å². The van der Waals surface area contributed by atoms with Crippen molar-refractivity contribution in [2.75, 3.05) is 0 Å². The van der Waals surface area contributed by atoms with E-state index in [2.05, 4.69) is 91.9 Å². The number of benzene rings is 3. The monoisotopic (exact) mass is 512 g/mol. The van der Waals surface area contributed by atoms with Gasteiger partial charge in [-0.05, 0) is 43.3 Å². The Labute approximate surface area is 159 Å². The first kappa shape index (κ1) is 21.7. The zero-order valence-corrected chi connectivity index (χ0v) is 17.6. The van der Waals surface area contributed by atoms with Gasteiger partial charge in [0, 0.05) is 0 Å². The molecule has 0 fully saturated rings. The molecule has 0 bridgehead atoms. The molecule has 3 aromatic rings. The van der Waals surface area contributed by atoms with Crippen LogP contribution in [-0.2, 0) is 10.9 Å². The number of aryl methyl sites for hydroxylation is 1. The van der Waals surface area contributed by atoms with Gasteiger partial charge in [0.2, 0.25) is 0 Å². The van der Waals surface area contributed by atoms with Gasteiger partial charge in [-0.25, -0.2) is 0 Å². The number of hydrogen-bond donors (Lipinski definition) is 0. The van der Waals surface area contributed by atoms with E-state index in [1.54, 1.807) is 0 Å². The van der Waals surface area contributed by atoms with Crippen molar-refractivity contribution < 1.29 is 16.9 Å². The Morgan fingerprint density at radius 1 is 0.519 bits per heavy atom. The van der Waals surface area contributed by atoms with Gasteiger partial charge >= 0.3 is 36.4 Å². The van der Waals surface area contributed by atoms with Crippen LogP contribution in [0.2, 0.25) is 0 Å². The van der Waals surface area contributed by atoms with E-state index >= 15 is 0 Å². The molecular formula is C19H17F6SSb. The molecule has 3 aromatic carbocycles. The second-order valence-electron chi connectivity index (χ2n) is 5.70. The molecule has 0 radical (unpaired) electrons.